The fraction of sp³-hybridized carbons (Fsp3) is 0.333. The van der Waals surface area contributed by atoms with Crippen LogP contribution in [0.5, 0.6) is 5.75 Å². The van der Waals surface area contributed by atoms with Crippen molar-refractivity contribution in [3.63, 3.8) is 0 Å². The van der Waals surface area contributed by atoms with Gasteiger partial charge in [-0.2, -0.15) is 0 Å². The Bertz CT molecular complexity index is 522. The van der Waals surface area contributed by atoms with Gasteiger partial charge in [-0.15, -0.1) is 0 Å². The van der Waals surface area contributed by atoms with Crippen LogP contribution in [0.4, 0.5) is 0 Å². The van der Waals surface area contributed by atoms with E-state index >= 15 is 0 Å². The van der Waals surface area contributed by atoms with Gasteiger partial charge < -0.3 is 14.4 Å². The highest BCUT2D eigenvalue weighted by molar-refractivity contribution is 5.91. The van der Waals surface area contributed by atoms with Gasteiger partial charge in [0, 0.05) is 26.7 Å². The van der Waals surface area contributed by atoms with E-state index < -0.39 is 12.1 Å². The summed E-state index contributed by atoms with van der Waals surface area (Å²) in [6.07, 6.45) is 1.77. The SMILES string of the molecule is CN(C)/C=C1\C[C@@H](CC(=O)Oc2ccccc2)OC1=O. The fourth-order valence-corrected chi connectivity index (χ4v) is 1.98. The Morgan fingerprint density at radius 1 is 1.40 bits per heavy atom. The summed E-state index contributed by atoms with van der Waals surface area (Å²) in [6, 6.07) is 8.83. The Labute approximate surface area is 117 Å². The van der Waals surface area contributed by atoms with Crippen molar-refractivity contribution in [1.82, 2.24) is 4.90 Å². The van der Waals surface area contributed by atoms with Crippen molar-refractivity contribution in [3.05, 3.63) is 42.1 Å². The first kappa shape index (κ1) is 14.1. The lowest BCUT2D eigenvalue weighted by Gasteiger charge is -2.08. The number of ether oxygens (including phenoxy) is 2. The normalized spacial score (nSPS) is 19.8. The summed E-state index contributed by atoms with van der Waals surface area (Å²) in [7, 11) is 3.66. The third kappa shape index (κ3) is 3.85. The average Bonchev–Trinajstić information content (AvgIpc) is 2.69. The standard InChI is InChI=1S/C15H17NO4/c1-16(2)10-11-8-13(20-15(11)18)9-14(17)19-12-6-4-3-5-7-12/h3-7,10,13H,8-9H2,1-2H3/b11-10+/t13-/m0/s1. The van der Waals surface area contributed by atoms with Gasteiger partial charge in [0.1, 0.15) is 11.9 Å². The van der Waals surface area contributed by atoms with Crippen LogP contribution in [-0.4, -0.2) is 37.0 Å². The van der Waals surface area contributed by atoms with Gasteiger partial charge in [0.05, 0.1) is 12.0 Å². The van der Waals surface area contributed by atoms with Gasteiger partial charge in [-0.3, -0.25) is 4.79 Å². The predicted octanol–water partition coefficient (Wildman–Crippen LogP) is 1.74. The smallest absolute Gasteiger partial charge is 0.335 e. The molecule has 106 valence electrons. The average molecular weight is 275 g/mol. The molecule has 1 atom stereocenters. The molecule has 0 spiro atoms. The molecular formula is C15H17NO4. The van der Waals surface area contributed by atoms with E-state index in [-0.39, 0.29) is 12.4 Å². The largest absolute Gasteiger partial charge is 0.458 e. The lowest BCUT2D eigenvalue weighted by Crippen LogP contribution is -2.17. The van der Waals surface area contributed by atoms with Gasteiger partial charge in [-0.05, 0) is 12.1 Å². The number of esters is 2. The highest BCUT2D eigenvalue weighted by Gasteiger charge is 2.31. The summed E-state index contributed by atoms with van der Waals surface area (Å²) in [5.41, 5.74) is 0.576. The van der Waals surface area contributed by atoms with E-state index in [2.05, 4.69) is 0 Å². The van der Waals surface area contributed by atoms with Crippen molar-refractivity contribution in [1.29, 1.82) is 0 Å². The molecule has 0 radical (unpaired) electrons. The van der Waals surface area contributed by atoms with Crippen LogP contribution < -0.4 is 4.74 Å². The molecule has 2 rings (SSSR count). The Morgan fingerprint density at radius 3 is 2.75 bits per heavy atom. The molecule has 0 aromatic heterocycles. The summed E-state index contributed by atoms with van der Waals surface area (Å²) >= 11 is 0. The van der Waals surface area contributed by atoms with Crippen molar-refractivity contribution in [3.8, 4) is 5.75 Å². The number of carbonyl (C=O) groups excluding carboxylic acids is 2. The van der Waals surface area contributed by atoms with Crippen LogP contribution in [-0.2, 0) is 14.3 Å². The first-order valence-corrected chi connectivity index (χ1v) is 6.38. The van der Waals surface area contributed by atoms with Crippen LogP contribution in [0.1, 0.15) is 12.8 Å². The number of para-hydroxylation sites is 1. The third-order valence-corrected chi connectivity index (χ3v) is 2.77. The van der Waals surface area contributed by atoms with Gasteiger partial charge in [0.2, 0.25) is 0 Å². The Balaban J connectivity index is 1.89. The van der Waals surface area contributed by atoms with E-state index in [1.54, 1.807) is 35.4 Å². The van der Waals surface area contributed by atoms with Crippen LogP contribution >= 0.6 is 0 Å². The monoisotopic (exact) mass is 275 g/mol. The molecule has 5 nitrogen and oxygen atoms in total. The number of carbonyl (C=O) groups is 2. The second-order valence-electron chi connectivity index (χ2n) is 4.84. The first-order valence-electron chi connectivity index (χ1n) is 6.38. The molecule has 1 aliphatic heterocycles. The summed E-state index contributed by atoms with van der Waals surface area (Å²) in [6.45, 7) is 0. The number of benzene rings is 1. The van der Waals surface area contributed by atoms with Crippen LogP contribution in [0.2, 0.25) is 0 Å². The molecule has 0 amide bonds. The maximum absolute atomic E-state index is 11.8. The number of nitrogens with zero attached hydrogens (tertiary/aromatic N) is 1. The van der Waals surface area contributed by atoms with Crippen LogP contribution in [0, 0.1) is 0 Å². The molecule has 0 bridgehead atoms. The van der Waals surface area contributed by atoms with Crippen molar-refractivity contribution < 1.29 is 19.1 Å². The Morgan fingerprint density at radius 2 is 2.10 bits per heavy atom. The molecule has 1 fully saturated rings. The minimum Gasteiger partial charge on any atom is -0.458 e. The topological polar surface area (TPSA) is 55.8 Å². The second-order valence-corrected chi connectivity index (χ2v) is 4.84. The molecule has 1 aromatic carbocycles. The van der Waals surface area contributed by atoms with Crippen molar-refractivity contribution in [2.45, 2.75) is 18.9 Å². The molecular weight excluding hydrogens is 258 g/mol. The number of hydrogen-bond donors (Lipinski definition) is 0. The molecule has 0 N–H and O–H groups in total. The van der Waals surface area contributed by atoms with E-state index in [1.165, 1.54) is 0 Å². The fourth-order valence-electron chi connectivity index (χ4n) is 1.98. The number of rotatable bonds is 4. The van der Waals surface area contributed by atoms with E-state index in [0.29, 0.717) is 17.7 Å². The van der Waals surface area contributed by atoms with Gasteiger partial charge in [-0.1, -0.05) is 18.2 Å². The summed E-state index contributed by atoms with van der Waals surface area (Å²) in [5.74, 6) is -0.276. The van der Waals surface area contributed by atoms with E-state index in [0.717, 1.165) is 0 Å². The molecule has 0 unspecified atom stereocenters. The molecule has 0 aliphatic carbocycles. The zero-order chi connectivity index (χ0) is 14.5. The summed E-state index contributed by atoms with van der Waals surface area (Å²) in [5, 5.41) is 0. The zero-order valence-electron chi connectivity index (χ0n) is 11.5. The minimum absolute atomic E-state index is 0.0609. The molecule has 5 heteroatoms. The number of cyclic esters (lactones) is 1. The van der Waals surface area contributed by atoms with Gasteiger partial charge >= 0.3 is 11.9 Å². The van der Waals surface area contributed by atoms with Crippen molar-refractivity contribution in [2.24, 2.45) is 0 Å². The predicted molar refractivity (Wildman–Crippen MR) is 73.0 cm³/mol. The van der Waals surface area contributed by atoms with Gasteiger partial charge in [-0.25, -0.2) is 4.79 Å². The maximum atomic E-state index is 11.8. The molecule has 1 saturated heterocycles. The Hall–Kier alpha value is -2.30. The second kappa shape index (κ2) is 6.23. The highest BCUT2D eigenvalue weighted by Crippen LogP contribution is 2.23. The number of hydrogen-bond acceptors (Lipinski definition) is 5. The molecule has 1 aliphatic rings. The lowest BCUT2D eigenvalue weighted by atomic mass is 10.1. The van der Waals surface area contributed by atoms with Crippen molar-refractivity contribution >= 4 is 11.9 Å². The Kier molecular flexibility index (Phi) is 4.40. The van der Waals surface area contributed by atoms with Gasteiger partial charge in [0.25, 0.3) is 0 Å². The maximum Gasteiger partial charge on any atom is 0.335 e. The molecule has 1 aromatic rings. The van der Waals surface area contributed by atoms with Crippen molar-refractivity contribution in [2.75, 3.05) is 14.1 Å². The van der Waals surface area contributed by atoms with E-state index in [1.807, 2.05) is 20.2 Å². The molecule has 0 saturated carbocycles. The zero-order valence-corrected chi connectivity index (χ0v) is 11.5. The molecule has 20 heavy (non-hydrogen) atoms. The van der Waals surface area contributed by atoms with E-state index in [9.17, 15) is 9.59 Å². The van der Waals surface area contributed by atoms with Gasteiger partial charge in [0.15, 0.2) is 0 Å². The third-order valence-electron chi connectivity index (χ3n) is 2.77. The highest BCUT2D eigenvalue weighted by atomic mass is 16.6. The summed E-state index contributed by atoms with van der Waals surface area (Å²) < 4.78 is 10.3. The van der Waals surface area contributed by atoms with Crippen LogP contribution in [0.15, 0.2) is 42.1 Å². The quantitative estimate of drug-likeness (QED) is 0.476. The summed E-state index contributed by atoms with van der Waals surface area (Å²) in [4.78, 5) is 25.1. The van der Waals surface area contributed by atoms with E-state index in [4.69, 9.17) is 9.47 Å². The minimum atomic E-state index is -0.440. The van der Waals surface area contributed by atoms with Crippen LogP contribution in [0.3, 0.4) is 0 Å². The first-order chi connectivity index (χ1) is 9.54. The molecule has 1 heterocycles. The lowest BCUT2D eigenvalue weighted by molar-refractivity contribution is -0.143. The van der Waals surface area contributed by atoms with Crippen LogP contribution in [0.25, 0.3) is 0 Å².